The van der Waals surface area contributed by atoms with Gasteiger partial charge in [0.1, 0.15) is 0 Å². The van der Waals surface area contributed by atoms with E-state index >= 15 is 0 Å². The van der Waals surface area contributed by atoms with Gasteiger partial charge in [-0.05, 0) is 31.4 Å². The van der Waals surface area contributed by atoms with Crippen molar-refractivity contribution in [3.63, 3.8) is 0 Å². The van der Waals surface area contributed by atoms with Gasteiger partial charge in [0.15, 0.2) is 5.76 Å². The fourth-order valence-electron chi connectivity index (χ4n) is 2.84. The number of carbonyl (C=O) groups excluding carboxylic acids is 2. The van der Waals surface area contributed by atoms with E-state index in [9.17, 15) is 9.59 Å². The first-order valence-corrected chi connectivity index (χ1v) is 7.45. The maximum Gasteiger partial charge on any atom is 0.289 e. The highest BCUT2D eigenvalue weighted by atomic mass is 16.5. The molecule has 3 heterocycles. The minimum atomic E-state index is -0.0750. The zero-order chi connectivity index (χ0) is 14.7. The van der Waals surface area contributed by atoms with E-state index in [1.807, 2.05) is 0 Å². The number of piperidine rings is 1. The van der Waals surface area contributed by atoms with Gasteiger partial charge in [-0.25, -0.2) is 0 Å². The van der Waals surface area contributed by atoms with E-state index in [1.165, 1.54) is 6.26 Å². The number of amides is 2. The molecular weight excluding hydrogens is 272 g/mol. The molecule has 0 bridgehead atoms. The van der Waals surface area contributed by atoms with Crippen molar-refractivity contribution in [2.24, 2.45) is 5.92 Å². The van der Waals surface area contributed by atoms with E-state index in [0.29, 0.717) is 32.1 Å². The highest BCUT2D eigenvalue weighted by Gasteiger charge is 2.29. The molecule has 1 atom stereocenters. The van der Waals surface area contributed by atoms with Crippen molar-refractivity contribution in [3.05, 3.63) is 24.2 Å². The van der Waals surface area contributed by atoms with Crippen LogP contribution in [-0.4, -0.2) is 49.1 Å². The predicted molar refractivity (Wildman–Crippen MR) is 74.7 cm³/mol. The van der Waals surface area contributed by atoms with Crippen LogP contribution in [0.5, 0.6) is 0 Å². The molecule has 0 radical (unpaired) electrons. The quantitative estimate of drug-likeness (QED) is 0.903. The fourth-order valence-corrected chi connectivity index (χ4v) is 2.84. The fraction of sp³-hybridized carbons (Fsp3) is 0.600. The van der Waals surface area contributed by atoms with Gasteiger partial charge in [-0.15, -0.1) is 0 Å². The molecule has 3 rings (SSSR count). The number of nitrogens with zero attached hydrogens (tertiary/aromatic N) is 1. The molecule has 114 valence electrons. The summed E-state index contributed by atoms with van der Waals surface area (Å²) in [6.07, 6.45) is 3.88. The van der Waals surface area contributed by atoms with Gasteiger partial charge in [-0.1, -0.05) is 0 Å². The smallest absolute Gasteiger partial charge is 0.289 e. The number of carbonyl (C=O) groups is 2. The second-order valence-electron chi connectivity index (χ2n) is 5.61. The van der Waals surface area contributed by atoms with E-state index in [1.54, 1.807) is 17.0 Å². The summed E-state index contributed by atoms with van der Waals surface area (Å²) in [5.74, 6) is 0.380. The van der Waals surface area contributed by atoms with Crippen molar-refractivity contribution in [3.8, 4) is 0 Å². The summed E-state index contributed by atoms with van der Waals surface area (Å²) >= 11 is 0. The van der Waals surface area contributed by atoms with Crippen LogP contribution in [0.4, 0.5) is 0 Å². The van der Waals surface area contributed by atoms with Crippen LogP contribution in [0, 0.1) is 5.92 Å². The number of nitrogens with one attached hydrogen (secondary N) is 1. The Bertz CT molecular complexity index is 486. The molecule has 2 fully saturated rings. The molecule has 0 unspecified atom stereocenters. The maximum absolute atomic E-state index is 12.1. The molecule has 0 aromatic carbocycles. The zero-order valence-electron chi connectivity index (χ0n) is 11.9. The first-order chi connectivity index (χ1) is 10.2. The summed E-state index contributed by atoms with van der Waals surface area (Å²) in [5, 5.41) is 3.07. The molecule has 6 nitrogen and oxygen atoms in total. The average molecular weight is 292 g/mol. The Morgan fingerprint density at radius 2 is 2.05 bits per heavy atom. The second kappa shape index (κ2) is 6.30. The number of likely N-dealkylation sites (tertiary alicyclic amines) is 1. The van der Waals surface area contributed by atoms with E-state index in [2.05, 4.69) is 5.32 Å². The lowest BCUT2D eigenvalue weighted by atomic mass is 10.0. The summed E-state index contributed by atoms with van der Waals surface area (Å²) in [5.41, 5.74) is 0. The second-order valence-corrected chi connectivity index (χ2v) is 5.61. The van der Waals surface area contributed by atoms with Gasteiger partial charge in [0.05, 0.1) is 18.8 Å². The Morgan fingerprint density at radius 1 is 1.24 bits per heavy atom. The topological polar surface area (TPSA) is 71.8 Å². The first-order valence-electron chi connectivity index (χ1n) is 7.45. The summed E-state index contributed by atoms with van der Waals surface area (Å²) < 4.78 is 10.4. The third-order valence-corrected chi connectivity index (χ3v) is 4.16. The van der Waals surface area contributed by atoms with Crippen LogP contribution in [0.2, 0.25) is 0 Å². The van der Waals surface area contributed by atoms with Gasteiger partial charge in [-0.2, -0.15) is 0 Å². The van der Waals surface area contributed by atoms with Crippen LogP contribution < -0.4 is 5.32 Å². The largest absolute Gasteiger partial charge is 0.459 e. The Labute approximate surface area is 123 Å². The van der Waals surface area contributed by atoms with E-state index in [0.717, 1.165) is 19.3 Å². The van der Waals surface area contributed by atoms with Gasteiger partial charge in [0.25, 0.3) is 5.91 Å². The number of hydrogen-bond acceptors (Lipinski definition) is 4. The number of furan rings is 1. The average Bonchev–Trinajstić information content (AvgIpc) is 3.20. The molecular formula is C15H20N2O4. The number of hydrogen-bond donors (Lipinski definition) is 1. The van der Waals surface area contributed by atoms with Crippen molar-refractivity contribution in [2.45, 2.75) is 25.3 Å². The molecule has 0 aliphatic carbocycles. The monoisotopic (exact) mass is 292 g/mol. The predicted octanol–water partition coefficient (Wildman–Crippen LogP) is 1.04. The first kappa shape index (κ1) is 14.1. The van der Waals surface area contributed by atoms with Gasteiger partial charge in [-0.3, -0.25) is 9.59 Å². The van der Waals surface area contributed by atoms with Crippen LogP contribution >= 0.6 is 0 Å². The van der Waals surface area contributed by atoms with E-state index in [4.69, 9.17) is 9.15 Å². The van der Waals surface area contributed by atoms with E-state index in [-0.39, 0.29) is 23.8 Å². The summed E-state index contributed by atoms with van der Waals surface area (Å²) in [6.45, 7) is 2.49. The summed E-state index contributed by atoms with van der Waals surface area (Å²) in [7, 11) is 0. The SMILES string of the molecule is O=C(NC1CCN(C(=O)c2ccco2)CC1)[C@H]1CCOC1. The molecule has 0 spiro atoms. The summed E-state index contributed by atoms with van der Waals surface area (Å²) in [4.78, 5) is 25.9. The van der Waals surface area contributed by atoms with Crippen LogP contribution in [-0.2, 0) is 9.53 Å². The molecule has 1 N–H and O–H groups in total. The molecule has 1 aromatic rings. The zero-order valence-corrected chi connectivity index (χ0v) is 11.9. The van der Waals surface area contributed by atoms with Crippen LogP contribution in [0.1, 0.15) is 29.8 Å². The normalized spacial score (nSPS) is 23.2. The molecule has 21 heavy (non-hydrogen) atoms. The van der Waals surface area contributed by atoms with Crippen molar-refractivity contribution in [2.75, 3.05) is 26.3 Å². The maximum atomic E-state index is 12.1. The van der Waals surface area contributed by atoms with Gasteiger partial charge < -0.3 is 19.4 Å². The van der Waals surface area contributed by atoms with Crippen molar-refractivity contribution < 1.29 is 18.7 Å². The molecule has 2 aliphatic rings. The number of rotatable bonds is 3. The van der Waals surface area contributed by atoms with E-state index < -0.39 is 0 Å². The minimum Gasteiger partial charge on any atom is -0.459 e. The van der Waals surface area contributed by atoms with Crippen molar-refractivity contribution >= 4 is 11.8 Å². The Morgan fingerprint density at radius 3 is 2.67 bits per heavy atom. The highest BCUT2D eigenvalue weighted by molar-refractivity contribution is 5.91. The Kier molecular flexibility index (Phi) is 4.24. The Hall–Kier alpha value is -1.82. The van der Waals surface area contributed by atoms with Crippen molar-refractivity contribution in [1.82, 2.24) is 10.2 Å². The highest BCUT2D eigenvalue weighted by Crippen LogP contribution is 2.17. The van der Waals surface area contributed by atoms with Crippen molar-refractivity contribution in [1.29, 1.82) is 0 Å². The lowest BCUT2D eigenvalue weighted by Gasteiger charge is -2.32. The van der Waals surface area contributed by atoms with Crippen LogP contribution in [0.25, 0.3) is 0 Å². The standard InChI is InChI=1S/C15H20N2O4/c18-14(11-5-9-20-10-11)16-12-3-6-17(7-4-12)15(19)13-2-1-8-21-13/h1-2,8,11-12H,3-7,9-10H2,(H,16,18)/t11-/m0/s1. The van der Waals surface area contributed by atoms with Crippen LogP contribution in [0.15, 0.2) is 22.8 Å². The van der Waals surface area contributed by atoms with Crippen LogP contribution in [0.3, 0.4) is 0 Å². The lowest BCUT2D eigenvalue weighted by Crippen LogP contribution is -2.47. The number of ether oxygens (including phenoxy) is 1. The molecule has 2 amide bonds. The lowest BCUT2D eigenvalue weighted by molar-refractivity contribution is -0.125. The summed E-state index contributed by atoms with van der Waals surface area (Å²) in [6, 6.07) is 3.54. The van der Waals surface area contributed by atoms with Gasteiger partial charge >= 0.3 is 0 Å². The molecule has 6 heteroatoms. The molecule has 1 aromatic heterocycles. The van der Waals surface area contributed by atoms with Gasteiger partial charge in [0, 0.05) is 25.7 Å². The molecule has 0 saturated carbocycles. The minimum absolute atomic E-state index is 0.00668. The van der Waals surface area contributed by atoms with Gasteiger partial charge in [0.2, 0.25) is 5.91 Å². The molecule has 2 saturated heterocycles. The molecule has 2 aliphatic heterocycles. The third-order valence-electron chi connectivity index (χ3n) is 4.16. The third kappa shape index (κ3) is 3.26. The Balaban J connectivity index is 1.46.